The normalized spacial score (nSPS) is 19.5. The van der Waals surface area contributed by atoms with E-state index in [9.17, 15) is 14.3 Å². The van der Waals surface area contributed by atoms with Crippen molar-refractivity contribution in [1.29, 1.82) is 0 Å². The minimum Gasteiger partial charge on any atom is -0.478 e. The molecule has 2 rings (SSSR count). The van der Waals surface area contributed by atoms with Crippen LogP contribution < -0.4 is 4.74 Å². The van der Waals surface area contributed by atoms with Gasteiger partial charge in [0, 0.05) is 13.1 Å². The molecule has 1 aliphatic heterocycles. The first-order valence-corrected chi connectivity index (χ1v) is 6.81. The highest BCUT2D eigenvalue weighted by atomic mass is 19.1. The monoisotopic (exact) mass is 281 g/mol. The number of likely N-dealkylation sites (tertiary alicyclic amines) is 1. The van der Waals surface area contributed by atoms with Crippen LogP contribution in [0.2, 0.25) is 0 Å². The van der Waals surface area contributed by atoms with Gasteiger partial charge in [-0.25, -0.2) is 4.39 Å². The fourth-order valence-corrected chi connectivity index (χ4v) is 2.25. The Kier molecular flexibility index (Phi) is 4.28. The molecule has 20 heavy (non-hydrogen) atoms. The predicted molar refractivity (Wildman–Crippen MR) is 72.9 cm³/mol. The number of para-hydroxylation sites is 1. The van der Waals surface area contributed by atoms with Gasteiger partial charge in [-0.1, -0.05) is 12.1 Å². The standard InChI is InChI=1S/C15H20FNO3/c1-11(20-13-6-4-3-5-12(13)16)14(18)17-9-7-15(2,19)8-10-17/h3-6,11,19H,7-10H2,1-2H3. The predicted octanol–water partition coefficient (Wildman–Crippen LogP) is 1.97. The SMILES string of the molecule is CC(Oc1ccccc1F)C(=O)N1CCC(C)(O)CC1. The Balaban J connectivity index is 1.94. The summed E-state index contributed by atoms with van der Waals surface area (Å²) in [4.78, 5) is 13.9. The average Bonchev–Trinajstić information content (AvgIpc) is 2.40. The molecule has 1 aliphatic rings. The lowest BCUT2D eigenvalue weighted by Gasteiger charge is -2.36. The van der Waals surface area contributed by atoms with Gasteiger partial charge >= 0.3 is 0 Å². The third kappa shape index (κ3) is 3.48. The van der Waals surface area contributed by atoms with Crippen LogP contribution in [0.15, 0.2) is 24.3 Å². The lowest BCUT2D eigenvalue weighted by Crippen LogP contribution is -2.49. The molecule has 0 spiro atoms. The Hall–Kier alpha value is -1.62. The summed E-state index contributed by atoms with van der Waals surface area (Å²) in [7, 11) is 0. The quantitative estimate of drug-likeness (QED) is 0.921. The first kappa shape index (κ1) is 14.8. The van der Waals surface area contributed by atoms with Gasteiger partial charge in [0.25, 0.3) is 5.91 Å². The van der Waals surface area contributed by atoms with E-state index in [0.29, 0.717) is 25.9 Å². The van der Waals surface area contributed by atoms with E-state index in [0.717, 1.165) is 0 Å². The van der Waals surface area contributed by atoms with Crippen molar-refractivity contribution in [2.24, 2.45) is 0 Å². The molecule has 1 fully saturated rings. The maximum atomic E-state index is 13.5. The topological polar surface area (TPSA) is 49.8 Å². The Morgan fingerprint density at radius 2 is 2.00 bits per heavy atom. The van der Waals surface area contributed by atoms with Gasteiger partial charge in [-0.3, -0.25) is 4.79 Å². The second kappa shape index (κ2) is 5.79. The molecule has 1 N–H and O–H groups in total. The Morgan fingerprint density at radius 1 is 1.40 bits per heavy atom. The number of hydrogen-bond acceptors (Lipinski definition) is 3. The summed E-state index contributed by atoms with van der Waals surface area (Å²) in [6, 6.07) is 6.03. The summed E-state index contributed by atoms with van der Waals surface area (Å²) >= 11 is 0. The van der Waals surface area contributed by atoms with Gasteiger partial charge in [-0.15, -0.1) is 0 Å². The van der Waals surface area contributed by atoms with Crippen LogP contribution >= 0.6 is 0 Å². The van der Waals surface area contributed by atoms with Crippen LogP contribution in [0.4, 0.5) is 4.39 Å². The first-order valence-electron chi connectivity index (χ1n) is 6.81. The molecule has 1 heterocycles. The largest absolute Gasteiger partial charge is 0.478 e. The fraction of sp³-hybridized carbons (Fsp3) is 0.533. The molecule has 1 saturated heterocycles. The number of ether oxygens (including phenoxy) is 1. The third-order valence-electron chi connectivity index (χ3n) is 3.64. The van der Waals surface area contributed by atoms with Gasteiger partial charge in [0.15, 0.2) is 17.7 Å². The van der Waals surface area contributed by atoms with Crippen LogP contribution in [0.25, 0.3) is 0 Å². The summed E-state index contributed by atoms with van der Waals surface area (Å²) in [6.07, 6.45) is 0.353. The van der Waals surface area contributed by atoms with Crippen molar-refractivity contribution in [3.8, 4) is 5.75 Å². The van der Waals surface area contributed by atoms with Gasteiger partial charge in [0.05, 0.1) is 5.60 Å². The number of hydrogen-bond donors (Lipinski definition) is 1. The van der Waals surface area contributed by atoms with E-state index < -0.39 is 17.5 Å². The molecule has 1 unspecified atom stereocenters. The van der Waals surface area contributed by atoms with E-state index in [4.69, 9.17) is 4.74 Å². The molecule has 4 nitrogen and oxygen atoms in total. The van der Waals surface area contributed by atoms with E-state index in [-0.39, 0.29) is 11.7 Å². The van der Waals surface area contributed by atoms with Gasteiger partial charge < -0.3 is 14.7 Å². The second-order valence-corrected chi connectivity index (χ2v) is 5.51. The maximum Gasteiger partial charge on any atom is 0.263 e. The highest BCUT2D eigenvalue weighted by Crippen LogP contribution is 2.23. The fourth-order valence-electron chi connectivity index (χ4n) is 2.25. The molecular weight excluding hydrogens is 261 g/mol. The van der Waals surface area contributed by atoms with Crippen molar-refractivity contribution < 1.29 is 19.0 Å². The average molecular weight is 281 g/mol. The lowest BCUT2D eigenvalue weighted by molar-refractivity contribution is -0.141. The van der Waals surface area contributed by atoms with Crippen molar-refractivity contribution in [3.63, 3.8) is 0 Å². The van der Waals surface area contributed by atoms with Crippen molar-refractivity contribution in [2.45, 2.75) is 38.4 Å². The minimum atomic E-state index is -0.741. The highest BCUT2D eigenvalue weighted by molar-refractivity contribution is 5.81. The van der Waals surface area contributed by atoms with E-state index >= 15 is 0 Å². The van der Waals surface area contributed by atoms with E-state index in [1.807, 2.05) is 0 Å². The van der Waals surface area contributed by atoms with Gasteiger partial charge in [-0.2, -0.15) is 0 Å². The van der Waals surface area contributed by atoms with Crippen LogP contribution in [0, 0.1) is 5.82 Å². The Labute approximate surface area is 118 Å². The van der Waals surface area contributed by atoms with Crippen LogP contribution in [-0.2, 0) is 4.79 Å². The molecule has 0 saturated carbocycles. The van der Waals surface area contributed by atoms with Crippen molar-refractivity contribution in [3.05, 3.63) is 30.1 Å². The number of halogens is 1. The molecule has 0 bridgehead atoms. The number of nitrogens with zero attached hydrogens (tertiary/aromatic N) is 1. The number of benzene rings is 1. The van der Waals surface area contributed by atoms with Crippen LogP contribution in [0.3, 0.4) is 0 Å². The number of carbonyl (C=O) groups is 1. The first-order chi connectivity index (χ1) is 9.39. The summed E-state index contributed by atoms with van der Waals surface area (Å²) in [5, 5.41) is 9.87. The van der Waals surface area contributed by atoms with Crippen LogP contribution in [0.1, 0.15) is 26.7 Å². The van der Waals surface area contributed by atoms with Gasteiger partial charge in [-0.05, 0) is 38.8 Å². The zero-order valence-corrected chi connectivity index (χ0v) is 11.8. The molecule has 1 aromatic carbocycles. The molecule has 1 amide bonds. The number of carbonyl (C=O) groups excluding carboxylic acids is 1. The molecular formula is C15H20FNO3. The Morgan fingerprint density at radius 3 is 2.60 bits per heavy atom. The van der Waals surface area contributed by atoms with Crippen molar-refractivity contribution >= 4 is 5.91 Å². The highest BCUT2D eigenvalue weighted by Gasteiger charge is 2.32. The Bertz CT molecular complexity index is 480. The molecule has 110 valence electrons. The van der Waals surface area contributed by atoms with Gasteiger partial charge in [0.2, 0.25) is 0 Å². The molecule has 1 atom stereocenters. The molecule has 0 radical (unpaired) electrons. The summed E-state index contributed by atoms with van der Waals surface area (Å²) in [5.41, 5.74) is -0.702. The van der Waals surface area contributed by atoms with Gasteiger partial charge in [0.1, 0.15) is 0 Å². The number of piperidine rings is 1. The number of rotatable bonds is 3. The smallest absolute Gasteiger partial charge is 0.263 e. The zero-order valence-electron chi connectivity index (χ0n) is 11.8. The van der Waals surface area contributed by atoms with Crippen LogP contribution in [-0.4, -0.2) is 40.7 Å². The number of aliphatic hydroxyl groups is 1. The summed E-state index contributed by atoms with van der Waals surface area (Å²) in [6.45, 7) is 4.38. The molecule has 5 heteroatoms. The van der Waals surface area contributed by atoms with Crippen molar-refractivity contribution in [1.82, 2.24) is 4.90 Å². The summed E-state index contributed by atoms with van der Waals surface area (Å²) in [5.74, 6) is -0.574. The molecule has 1 aromatic rings. The lowest BCUT2D eigenvalue weighted by atomic mass is 9.93. The zero-order chi connectivity index (χ0) is 14.8. The van der Waals surface area contributed by atoms with Crippen LogP contribution in [0.5, 0.6) is 5.75 Å². The maximum absolute atomic E-state index is 13.5. The van der Waals surface area contributed by atoms with E-state index in [1.54, 1.807) is 30.9 Å². The second-order valence-electron chi connectivity index (χ2n) is 5.51. The number of amides is 1. The minimum absolute atomic E-state index is 0.0809. The van der Waals surface area contributed by atoms with Crippen molar-refractivity contribution in [2.75, 3.05) is 13.1 Å². The molecule has 0 aliphatic carbocycles. The molecule has 0 aromatic heterocycles. The third-order valence-corrected chi connectivity index (χ3v) is 3.64. The summed E-state index contributed by atoms with van der Waals surface area (Å²) < 4.78 is 18.9. The van der Waals surface area contributed by atoms with E-state index in [2.05, 4.69) is 0 Å². The van der Waals surface area contributed by atoms with E-state index in [1.165, 1.54) is 12.1 Å².